The number of aryl methyl sites for hydroxylation is 1. The van der Waals surface area contributed by atoms with Crippen LogP contribution in [0.25, 0.3) is 10.9 Å². The van der Waals surface area contributed by atoms with E-state index in [4.69, 9.17) is 0 Å². The van der Waals surface area contributed by atoms with E-state index in [0.29, 0.717) is 18.5 Å². The lowest BCUT2D eigenvalue weighted by molar-refractivity contribution is -0.113. The van der Waals surface area contributed by atoms with Gasteiger partial charge >= 0.3 is 0 Å². The number of carbonyl (C=O) groups is 1. The highest BCUT2D eigenvalue weighted by Crippen LogP contribution is 2.45. The molecular formula is C18H21FN2O3S. The van der Waals surface area contributed by atoms with E-state index in [-0.39, 0.29) is 22.4 Å². The van der Waals surface area contributed by atoms with E-state index in [0.717, 1.165) is 43.1 Å². The summed E-state index contributed by atoms with van der Waals surface area (Å²) in [5.41, 5.74) is 2.02. The van der Waals surface area contributed by atoms with Crippen molar-refractivity contribution in [2.24, 2.45) is 5.92 Å². The van der Waals surface area contributed by atoms with E-state index in [1.807, 2.05) is 6.92 Å². The van der Waals surface area contributed by atoms with E-state index in [1.54, 1.807) is 6.07 Å². The van der Waals surface area contributed by atoms with E-state index in [1.165, 1.54) is 10.4 Å². The molecule has 1 aliphatic carbocycles. The second-order valence-electron chi connectivity index (χ2n) is 7.19. The molecule has 4 rings (SSSR count). The van der Waals surface area contributed by atoms with E-state index in [9.17, 15) is 17.6 Å². The molecule has 5 nitrogen and oxygen atoms in total. The van der Waals surface area contributed by atoms with Crippen LogP contribution in [0.4, 0.5) is 4.39 Å². The van der Waals surface area contributed by atoms with Gasteiger partial charge in [0.15, 0.2) is 0 Å². The van der Waals surface area contributed by atoms with Crippen LogP contribution in [0.5, 0.6) is 0 Å². The van der Waals surface area contributed by atoms with Gasteiger partial charge in [-0.2, -0.15) is 4.31 Å². The largest absolute Gasteiger partial charge is 0.342 e. The fourth-order valence-corrected chi connectivity index (χ4v) is 5.66. The number of sulfonamides is 1. The Morgan fingerprint density at radius 1 is 1.24 bits per heavy atom. The summed E-state index contributed by atoms with van der Waals surface area (Å²) in [5, 5.41) is 0.686. The lowest BCUT2D eigenvalue weighted by Crippen LogP contribution is -2.28. The normalized spacial score (nSPS) is 24.6. The number of benzene rings is 1. The van der Waals surface area contributed by atoms with Crippen LogP contribution in [0.3, 0.4) is 0 Å². The molecule has 134 valence electrons. The molecule has 1 aliphatic heterocycles. The Labute approximate surface area is 146 Å². The number of nitrogens with one attached hydrogen (secondary N) is 1. The summed E-state index contributed by atoms with van der Waals surface area (Å²) in [7, 11) is -3.62. The smallest absolute Gasteiger partial charge is 0.258 e. The number of aldehydes is 1. The van der Waals surface area contributed by atoms with Crippen molar-refractivity contribution in [3.8, 4) is 0 Å². The third-order valence-corrected chi connectivity index (χ3v) is 7.37. The highest BCUT2D eigenvalue weighted by atomic mass is 32.2. The molecule has 1 saturated carbocycles. The van der Waals surface area contributed by atoms with E-state index >= 15 is 0 Å². The molecule has 0 spiro atoms. The number of hydrogen-bond acceptors (Lipinski definition) is 3. The summed E-state index contributed by atoms with van der Waals surface area (Å²) in [5.74, 6) is -0.210. The highest BCUT2D eigenvalue weighted by molar-refractivity contribution is 7.89. The number of fused-ring (bicyclic) bond motifs is 1. The van der Waals surface area contributed by atoms with Gasteiger partial charge in [0.1, 0.15) is 17.1 Å². The lowest BCUT2D eigenvalue weighted by atomic mass is 9.70. The summed E-state index contributed by atoms with van der Waals surface area (Å²) >= 11 is 0. The Kier molecular flexibility index (Phi) is 3.96. The minimum absolute atomic E-state index is 0.0521. The first-order valence-corrected chi connectivity index (χ1v) is 10.1. The van der Waals surface area contributed by atoms with Crippen molar-refractivity contribution in [1.82, 2.24) is 9.29 Å². The van der Waals surface area contributed by atoms with Gasteiger partial charge in [-0.3, -0.25) is 0 Å². The van der Waals surface area contributed by atoms with Crippen LogP contribution in [0.1, 0.15) is 42.7 Å². The Hall–Kier alpha value is -1.73. The summed E-state index contributed by atoms with van der Waals surface area (Å²) < 4.78 is 41.5. The number of halogens is 1. The monoisotopic (exact) mass is 364 g/mol. The number of aromatic amines is 1. The molecule has 0 radical (unpaired) electrons. The molecule has 1 aromatic heterocycles. The Balaban J connectivity index is 1.82. The zero-order valence-electron chi connectivity index (χ0n) is 14.1. The maximum Gasteiger partial charge on any atom is 0.258 e. The van der Waals surface area contributed by atoms with Gasteiger partial charge < -0.3 is 9.78 Å². The van der Waals surface area contributed by atoms with Crippen molar-refractivity contribution in [3.05, 3.63) is 29.1 Å². The zero-order valence-corrected chi connectivity index (χ0v) is 14.9. The van der Waals surface area contributed by atoms with Crippen LogP contribution in [0.15, 0.2) is 17.2 Å². The molecule has 0 amide bonds. The third kappa shape index (κ3) is 2.60. The summed E-state index contributed by atoms with van der Waals surface area (Å²) in [4.78, 5) is 13.7. The molecular weight excluding hydrogens is 343 g/mol. The molecule has 25 heavy (non-hydrogen) atoms. The van der Waals surface area contributed by atoms with Crippen molar-refractivity contribution in [2.75, 3.05) is 13.1 Å². The van der Waals surface area contributed by atoms with Gasteiger partial charge in [-0.25, -0.2) is 12.8 Å². The zero-order chi connectivity index (χ0) is 17.8. The Morgan fingerprint density at radius 3 is 2.56 bits per heavy atom. The first-order valence-electron chi connectivity index (χ1n) is 8.69. The van der Waals surface area contributed by atoms with Crippen LogP contribution in [-0.2, 0) is 14.8 Å². The van der Waals surface area contributed by atoms with Gasteiger partial charge in [0.05, 0.1) is 5.52 Å². The fourth-order valence-electron chi connectivity index (χ4n) is 4.14. The number of hydrogen-bond donors (Lipinski definition) is 1. The molecule has 1 saturated heterocycles. The first-order chi connectivity index (χ1) is 11.9. The molecule has 0 bridgehead atoms. The third-order valence-electron chi connectivity index (χ3n) is 5.55. The van der Waals surface area contributed by atoms with Crippen LogP contribution in [-0.4, -0.2) is 37.1 Å². The number of nitrogens with zero attached hydrogens (tertiary/aromatic N) is 1. The molecule has 2 aromatic rings. The van der Waals surface area contributed by atoms with Gasteiger partial charge in [0.2, 0.25) is 0 Å². The molecule has 1 N–H and O–H groups in total. The van der Waals surface area contributed by atoms with Gasteiger partial charge in [0, 0.05) is 24.4 Å². The van der Waals surface area contributed by atoms with Crippen LogP contribution in [0.2, 0.25) is 0 Å². The average molecular weight is 364 g/mol. The molecule has 2 fully saturated rings. The summed E-state index contributed by atoms with van der Waals surface area (Å²) in [6, 6.07) is 3.03. The molecule has 2 aliphatic rings. The minimum atomic E-state index is -3.62. The average Bonchev–Trinajstić information content (AvgIpc) is 3.18. The van der Waals surface area contributed by atoms with Gasteiger partial charge in [-0.05, 0) is 61.8 Å². The maximum atomic E-state index is 14.4. The predicted octanol–water partition coefficient (Wildman–Crippen LogP) is 3.09. The topological polar surface area (TPSA) is 70.2 Å². The van der Waals surface area contributed by atoms with Gasteiger partial charge in [-0.15, -0.1) is 0 Å². The standard InChI is InChI=1S/C18H21FN2O3S/c1-11-6-15(19)18-14(17(11)13-7-12(8-13)10-22)9-16(20-18)25(23,24)21-4-2-3-5-21/h6,9-10,12-13,20H,2-5,7-8H2,1H3/t12-,13+. The lowest BCUT2D eigenvalue weighted by Gasteiger charge is -2.33. The molecule has 0 unspecified atom stereocenters. The maximum absolute atomic E-state index is 14.4. The van der Waals surface area contributed by atoms with Crippen LogP contribution >= 0.6 is 0 Å². The SMILES string of the molecule is Cc1cc(F)c2[nH]c(S(=O)(=O)N3CCCC3)cc2c1[C@H]1C[C@@H](C=O)C1. The fraction of sp³-hybridized carbons (Fsp3) is 0.500. The van der Waals surface area contributed by atoms with Gasteiger partial charge in [0.25, 0.3) is 10.0 Å². The molecule has 1 aromatic carbocycles. The first kappa shape index (κ1) is 16.7. The van der Waals surface area contributed by atoms with Crippen molar-refractivity contribution in [1.29, 1.82) is 0 Å². The van der Waals surface area contributed by atoms with Crippen molar-refractivity contribution >= 4 is 27.2 Å². The highest BCUT2D eigenvalue weighted by Gasteiger charge is 2.34. The minimum Gasteiger partial charge on any atom is -0.342 e. The van der Waals surface area contributed by atoms with Crippen molar-refractivity contribution < 1.29 is 17.6 Å². The van der Waals surface area contributed by atoms with E-state index < -0.39 is 15.8 Å². The molecule has 0 atom stereocenters. The second-order valence-corrected chi connectivity index (χ2v) is 9.09. The van der Waals surface area contributed by atoms with Crippen molar-refractivity contribution in [2.45, 2.75) is 43.6 Å². The molecule has 2 heterocycles. The van der Waals surface area contributed by atoms with Crippen molar-refractivity contribution in [3.63, 3.8) is 0 Å². The number of H-pyrrole nitrogens is 1. The summed E-state index contributed by atoms with van der Waals surface area (Å²) in [6.45, 7) is 2.86. The van der Waals surface area contributed by atoms with Gasteiger partial charge in [-0.1, -0.05) is 0 Å². The predicted molar refractivity (Wildman–Crippen MR) is 92.5 cm³/mol. The van der Waals surface area contributed by atoms with Crippen LogP contribution < -0.4 is 0 Å². The Bertz CT molecular complexity index is 939. The summed E-state index contributed by atoms with van der Waals surface area (Å²) in [6.07, 6.45) is 4.16. The quantitative estimate of drug-likeness (QED) is 0.848. The number of aromatic nitrogens is 1. The second kappa shape index (κ2) is 5.92. The van der Waals surface area contributed by atoms with Crippen LogP contribution in [0, 0.1) is 18.7 Å². The van der Waals surface area contributed by atoms with E-state index in [2.05, 4.69) is 4.98 Å². The molecule has 7 heteroatoms. The number of carbonyl (C=O) groups excluding carboxylic acids is 1. The Morgan fingerprint density at radius 2 is 1.92 bits per heavy atom. The number of rotatable bonds is 4.